The van der Waals surface area contributed by atoms with Gasteiger partial charge in [0.05, 0.1) is 27.6 Å². The lowest BCUT2D eigenvalue weighted by Crippen LogP contribution is -1.94. The summed E-state index contributed by atoms with van der Waals surface area (Å²) in [6.07, 6.45) is 8.26. The Labute approximate surface area is 297 Å². The summed E-state index contributed by atoms with van der Waals surface area (Å²) in [7, 11) is 0. The second kappa shape index (κ2) is 12.6. The molecule has 3 aromatic heterocycles. The molecule has 9 aromatic rings. The van der Waals surface area contributed by atoms with Crippen molar-refractivity contribution in [3.8, 4) is 27.9 Å². The highest BCUT2D eigenvalue weighted by atomic mass is 15.0. The molecule has 3 heterocycles. The van der Waals surface area contributed by atoms with Crippen molar-refractivity contribution in [1.29, 1.82) is 0 Å². The second-order valence-corrected chi connectivity index (χ2v) is 12.9. The van der Waals surface area contributed by atoms with Crippen LogP contribution in [0.1, 0.15) is 12.5 Å². The molecular weight excluding hydrogens is 619 g/mol. The maximum Gasteiger partial charge on any atom is 0.0963 e. The van der Waals surface area contributed by atoms with Crippen LogP contribution in [0, 0.1) is 0 Å². The molecule has 3 heteroatoms. The molecule has 3 nitrogen and oxygen atoms in total. The molecule has 0 amide bonds. The Morgan fingerprint density at radius 2 is 1.18 bits per heavy atom. The average Bonchev–Trinajstić information content (AvgIpc) is 3.71. The van der Waals surface area contributed by atoms with E-state index in [1.165, 1.54) is 38.5 Å². The Hall–Kier alpha value is -6.71. The van der Waals surface area contributed by atoms with Crippen molar-refractivity contribution in [3.05, 3.63) is 194 Å². The first-order valence-electron chi connectivity index (χ1n) is 17.4. The molecule has 0 atom stereocenters. The van der Waals surface area contributed by atoms with E-state index in [-0.39, 0.29) is 0 Å². The fourth-order valence-corrected chi connectivity index (χ4v) is 7.43. The molecule has 0 N–H and O–H groups in total. The van der Waals surface area contributed by atoms with Crippen molar-refractivity contribution in [2.45, 2.75) is 6.92 Å². The van der Waals surface area contributed by atoms with E-state index in [4.69, 9.17) is 4.98 Å². The van der Waals surface area contributed by atoms with Crippen LogP contribution >= 0.6 is 0 Å². The number of allylic oxidation sites excluding steroid dienone is 5. The molecule has 0 saturated heterocycles. The number of pyridine rings is 1. The van der Waals surface area contributed by atoms with Crippen molar-refractivity contribution in [2.75, 3.05) is 0 Å². The number of para-hydroxylation sites is 1. The minimum Gasteiger partial charge on any atom is -0.309 e. The van der Waals surface area contributed by atoms with Gasteiger partial charge in [-0.3, -0.25) is 4.98 Å². The topological polar surface area (TPSA) is 22.8 Å². The number of benzene rings is 6. The number of fused-ring (bicyclic) bond motifs is 6. The first kappa shape index (κ1) is 30.4. The van der Waals surface area contributed by atoms with E-state index in [1.54, 1.807) is 0 Å². The Balaban J connectivity index is 1.15. The van der Waals surface area contributed by atoms with Crippen LogP contribution in [0.4, 0.5) is 0 Å². The van der Waals surface area contributed by atoms with E-state index in [1.807, 2.05) is 18.3 Å². The largest absolute Gasteiger partial charge is 0.309 e. The van der Waals surface area contributed by atoms with Gasteiger partial charge in [0.2, 0.25) is 0 Å². The van der Waals surface area contributed by atoms with Gasteiger partial charge in [0.25, 0.3) is 0 Å². The first-order valence-corrected chi connectivity index (χ1v) is 17.4. The summed E-state index contributed by atoms with van der Waals surface area (Å²) in [4.78, 5) is 4.80. The Morgan fingerprint density at radius 1 is 0.529 bits per heavy atom. The van der Waals surface area contributed by atoms with Crippen LogP contribution in [0.2, 0.25) is 0 Å². The maximum atomic E-state index is 4.80. The highest BCUT2D eigenvalue weighted by Gasteiger charge is 2.16. The average molecular weight is 654 g/mol. The highest BCUT2D eigenvalue weighted by Crippen LogP contribution is 2.38. The van der Waals surface area contributed by atoms with Gasteiger partial charge in [-0.15, -0.1) is 0 Å². The number of rotatable bonds is 7. The van der Waals surface area contributed by atoms with Gasteiger partial charge < -0.3 is 9.13 Å². The number of aromatic nitrogens is 3. The Bertz CT molecular complexity index is 2800. The van der Waals surface area contributed by atoms with E-state index in [9.17, 15) is 0 Å². The Morgan fingerprint density at radius 3 is 1.98 bits per heavy atom. The van der Waals surface area contributed by atoms with Crippen LogP contribution in [0.15, 0.2) is 189 Å². The molecule has 0 aliphatic carbocycles. The van der Waals surface area contributed by atoms with E-state index < -0.39 is 0 Å². The quantitative estimate of drug-likeness (QED) is 0.157. The molecule has 0 aliphatic heterocycles. The van der Waals surface area contributed by atoms with Gasteiger partial charge in [0.1, 0.15) is 0 Å². The van der Waals surface area contributed by atoms with Gasteiger partial charge in [-0.2, -0.15) is 0 Å². The molecule has 0 unspecified atom stereocenters. The SMILES string of the molecule is C=C(/C=C\C(=C/C)c1ccccc1)n1c2cc(-c3ccc4c(c3)c3ccccc3n4-c3ccc(-c4ccccc4)cc3)ccc2c2ncccc21. The molecular formula is C48H35N3. The van der Waals surface area contributed by atoms with Gasteiger partial charge in [0, 0.05) is 33.7 Å². The van der Waals surface area contributed by atoms with Gasteiger partial charge in [-0.1, -0.05) is 122 Å². The zero-order chi connectivity index (χ0) is 34.3. The maximum absolute atomic E-state index is 4.80. The van der Waals surface area contributed by atoms with Crippen LogP contribution in [-0.4, -0.2) is 14.1 Å². The minimum absolute atomic E-state index is 0.882. The minimum atomic E-state index is 0.882. The van der Waals surface area contributed by atoms with Crippen molar-refractivity contribution in [2.24, 2.45) is 0 Å². The third-order valence-electron chi connectivity index (χ3n) is 9.92. The van der Waals surface area contributed by atoms with Crippen molar-refractivity contribution in [1.82, 2.24) is 14.1 Å². The predicted molar refractivity (Wildman–Crippen MR) is 217 cm³/mol. The van der Waals surface area contributed by atoms with Crippen LogP contribution in [0.5, 0.6) is 0 Å². The summed E-state index contributed by atoms with van der Waals surface area (Å²) in [5, 5.41) is 3.57. The van der Waals surface area contributed by atoms with Crippen LogP contribution < -0.4 is 0 Å². The molecule has 0 spiro atoms. The third kappa shape index (κ3) is 5.27. The summed E-state index contributed by atoms with van der Waals surface area (Å²) in [6.45, 7) is 6.62. The molecule has 6 aromatic carbocycles. The van der Waals surface area contributed by atoms with Gasteiger partial charge in [-0.05, 0) is 101 Å². The lowest BCUT2D eigenvalue weighted by molar-refractivity contribution is 1.18. The molecule has 0 radical (unpaired) electrons. The highest BCUT2D eigenvalue weighted by molar-refractivity contribution is 6.12. The molecule has 0 fully saturated rings. The van der Waals surface area contributed by atoms with Crippen LogP contribution in [-0.2, 0) is 0 Å². The zero-order valence-electron chi connectivity index (χ0n) is 28.4. The fourth-order valence-electron chi connectivity index (χ4n) is 7.43. The monoisotopic (exact) mass is 653 g/mol. The van der Waals surface area contributed by atoms with Crippen LogP contribution in [0.3, 0.4) is 0 Å². The summed E-state index contributed by atoms with van der Waals surface area (Å²) in [6, 6.07) is 56.2. The van der Waals surface area contributed by atoms with Gasteiger partial charge in [-0.25, -0.2) is 0 Å². The van der Waals surface area contributed by atoms with Gasteiger partial charge >= 0.3 is 0 Å². The number of hydrogen-bond donors (Lipinski definition) is 0. The van der Waals surface area contributed by atoms with Crippen molar-refractivity contribution < 1.29 is 0 Å². The van der Waals surface area contributed by atoms with E-state index in [0.717, 1.165) is 50.0 Å². The van der Waals surface area contributed by atoms with Gasteiger partial charge in [0.15, 0.2) is 0 Å². The lowest BCUT2D eigenvalue weighted by Gasteiger charge is -2.11. The smallest absolute Gasteiger partial charge is 0.0963 e. The fraction of sp³-hybridized carbons (Fsp3) is 0.0208. The van der Waals surface area contributed by atoms with Crippen LogP contribution in [0.25, 0.3) is 83.0 Å². The molecule has 0 saturated carbocycles. The molecule has 9 rings (SSSR count). The lowest BCUT2D eigenvalue weighted by atomic mass is 10.0. The molecule has 242 valence electrons. The van der Waals surface area contributed by atoms with E-state index in [2.05, 4.69) is 186 Å². The summed E-state index contributed by atoms with van der Waals surface area (Å²) < 4.78 is 4.61. The molecule has 51 heavy (non-hydrogen) atoms. The molecule has 0 aliphatic rings. The Kier molecular flexibility index (Phi) is 7.52. The second-order valence-electron chi connectivity index (χ2n) is 12.9. The summed E-state index contributed by atoms with van der Waals surface area (Å²) in [5.41, 5.74) is 14.6. The van der Waals surface area contributed by atoms with E-state index >= 15 is 0 Å². The summed E-state index contributed by atoms with van der Waals surface area (Å²) in [5.74, 6) is 0. The number of nitrogens with zero attached hydrogens (tertiary/aromatic N) is 3. The summed E-state index contributed by atoms with van der Waals surface area (Å²) >= 11 is 0. The standard InChI is InChI=1S/C48H35N3/c1-3-34(35-13-6-4-7-14-35)21-20-33(2)50-46-19-12-30-49-48(46)42-28-24-39(32-47(42)50)38-25-29-45-43(31-38)41-17-10-11-18-44(41)51(45)40-26-22-37(23-27-40)36-15-8-5-9-16-36/h3-32H,2H2,1H3/b21-20-,34-3+. The third-order valence-corrected chi connectivity index (χ3v) is 9.92. The zero-order valence-corrected chi connectivity index (χ0v) is 28.4. The van der Waals surface area contributed by atoms with Crippen molar-refractivity contribution >= 4 is 55.0 Å². The first-order chi connectivity index (χ1) is 25.2. The van der Waals surface area contributed by atoms with Crippen molar-refractivity contribution in [3.63, 3.8) is 0 Å². The van der Waals surface area contributed by atoms with E-state index in [0.29, 0.717) is 0 Å². The molecule has 0 bridgehead atoms. The predicted octanol–water partition coefficient (Wildman–Crippen LogP) is 12.8. The normalized spacial score (nSPS) is 12.1. The number of hydrogen-bond acceptors (Lipinski definition) is 1.